The number of hydrogen-bond donors (Lipinski definition) is 2. The van der Waals surface area contributed by atoms with Crippen molar-refractivity contribution in [3.05, 3.63) is 29.3 Å². The van der Waals surface area contributed by atoms with Gasteiger partial charge in [0.1, 0.15) is 12.4 Å². The number of aryl methyl sites for hydroxylation is 1. The highest BCUT2D eigenvalue weighted by Crippen LogP contribution is 2.21. The highest BCUT2D eigenvalue weighted by Gasteiger charge is 2.04. The molecule has 6 heteroatoms. The summed E-state index contributed by atoms with van der Waals surface area (Å²) < 4.78 is 11.1. The number of ether oxygens (including phenoxy) is 2. The van der Waals surface area contributed by atoms with Gasteiger partial charge >= 0.3 is 0 Å². The van der Waals surface area contributed by atoms with E-state index in [9.17, 15) is 0 Å². The topological polar surface area (TPSA) is 68.9 Å². The van der Waals surface area contributed by atoms with Gasteiger partial charge in [0.05, 0.1) is 13.2 Å². The molecular formula is C17H30IN3O2. The molecule has 0 aliphatic rings. The maximum absolute atomic E-state index is 5.87. The van der Waals surface area contributed by atoms with Crippen LogP contribution in [0.5, 0.6) is 5.75 Å². The predicted molar refractivity (Wildman–Crippen MR) is 107 cm³/mol. The van der Waals surface area contributed by atoms with E-state index in [1.807, 2.05) is 26.0 Å². The maximum atomic E-state index is 5.87. The van der Waals surface area contributed by atoms with Crippen LogP contribution in [0.3, 0.4) is 0 Å². The Hall–Kier alpha value is -1.02. The van der Waals surface area contributed by atoms with Gasteiger partial charge in [0, 0.05) is 18.7 Å². The van der Waals surface area contributed by atoms with E-state index in [0.717, 1.165) is 23.4 Å². The Kier molecular flexibility index (Phi) is 11.9. The van der Waals surface area contributed by atoms with Crippen LogP contribution in [0.15, 0.2) is 23.2 Å². The first kappa shape index (κ1) is 22.0. The summed E-state index contributed by atoms with van der Waals surface area (Å²) in [7, 11) is 0. The van der Waals surface area contributed by atoms with E-state index in [-0.39, 0.29) is 24.0 Å². The third-order valence-corrected chi connectivity index (χ3v) is 3.02. The van der Waals surface area contributed by atoms with E-state index >= 15 is 0 Å². The lowest BCUT2D eigenvalue weighted by Crippen LogP contribution is -2.34. The SMILES string of the molecule is CCOCCOc1cc(C)ccc1CN=C(N)NCC(C)C.I. The van der Waals surface area contributed by atoms with Gasteiger partial charge in [-0.3, -0.25) is 0 Å². The number of aliphatic imine (C=N–C) groups is 1. The van der Waals surface area contributed by atoms with Gasteiger partial charge in [0.25, 0.3) is 0 Å². The Morgan fingerprint density at radius 2 is 2.04 bits per heavy atom. The zero-order valence-electron chi connectivity index (χ0n) is 14.6. The molecule has 0 radical (unpaired) electrons. The lowest BCUT2D eigenvalue weighted by Gasteiger charge is -2.12. The van der Waals surface area contributed by atoms with Crippen molar-refractivity contribution in [2.45, 2.75) is 34.2 Å². The fraction of sp³-hybridized carbons (Fsp3) is 0.588. The molecule has 1 aromatic carbocycles. The van der Waals surface area contributed by atoms with Gasteiger partial charge in [0.2, 0.25) is 0 Å². The number of rotatable bonds is 9. The molecule has 0 aliphatic heterocycles. The molecule has 0 saturated carbocycles. The van der Waals surface area contributed by atoms with Gasteiger partial charge in [-0.05, 0) is 31.4 Å². The molecule has 0 fully saturated rings. The molecule has 1 rings (SSSR count). The number of nitrogens with one attached hydrogen (secondary N) is 1. The molecule has 0 aromatic heterocycles. The number of halogens is 1. The molecule has 23 heavy (non-hydrogen) atoms. The highest BCUT2D eigenvalue weighted by atomic mass is 127. The molecule has 0 atom stereocenters. The molecule has 132 valence electrons. The smallest absolute Gasteiger partial charge is 0.188 e. The molecule has 1 aromatic rings. The van der Waals surface area contributed by atoms with E-state index in [1.165, 1.54) is 0 Å². The van der Waals surface area contributed by atoms with Gasteiger partial charge < -0.3 is 20.5 Å². The van der Waals surface area contributed by atoms with Crippen LogP contribution >= 0.6 is 24.0 Å². The summed E-state index contributed by atoms with van der Waals surface area (Å²) in [6, 6.07) is 6.11. The Morgan fingerprint density at radius 3 is 2.70 bits per heavy atom. The summed E-state index contributed by atoms with van der Waals surface area (Å²) in [5.41, 5.74) is 8.05. The Bertz CT molecular complexity index is 479. The zero-order valence-corrected chi connectivity index (χ0v) is 16.9. The number of guanidine groups is 1. The van der Waals surface area contributed by atoms with Crippen LogP contribution in [-0.4, -0.2) is 32.3 Å². The number of nitrogens with zero attached hydrogens (tertiary/aromatic N) is 1. The van der Waals surface area contributed by atoms with Crippen molar-refractivity contribution < 1.29 is 9.47 Å². The second-order valence-corrected chi connectivity index (χ2v) is 5.63. The van der Waals surface area contributed by atoms with Crippen molar-refractivity contribution in [1.29, 1.82) is 0 Å². The molecule has 5 nitrogen and oxygen atoms in total. The number of benzene rings is 1. The molecule has 0 amide bonds. The normalized spacial score (nSPS) is 11.3. The van der Waals surface area contributed by atoms with Crippen LogP contribution in [0, 0.1) is 12.8 Å². The fourth-order valence-electron chi connectivity index (χ4n) is 1.82. The first-order valence-corrected chi connectivity index (χ1v) is 7.86. The van der Waals surface area contributed by atoms with Crippen LogP contribution in [-0.2, 0) is 11.3 Å². The monoisotopic (exact) mass is 435 g/mol. The predicted octanol–water partition coefficient (Wildman–Crippen LogP) is 3.09. The Labute approximate surface area is 157 Å². The average Bonchev–Trinajstić information content (AvgIpc) is 2.48. The van der Waals surface area contributed by atoms with Crippen molar-refractivity contribution in [2.24, 2.45) is 16.6 Å². The second-order valence-electron chi connectivity index (χ2n) is 5.63. The van der Waals surface area contributed by atoms with Gasteiger partial charge in [-0.2, -0.15) is 0 Å². The largest absolute Gasteiger partial charge is 0.491 e. The van der Waals surface area contributed by atoms with Crippen LogP contribution in [0.1, 0.15) is 31.9 Å². The zero-order chi connectivity index (χ0) is 16.4. The summed E-state index contributed by atoms with van der Waals surface area (Å²) in [5.74, 6) is 1.85. The van der Waals surface area contributed by atoms with E-state index in [4.69, 9.17) is 15.2 Å². The third-order valence-electron chi connectivity index (χ3n) is 3.02. The summed E-state index contributed by atoms with van der Waals surface area (Å²) >= 11 is 0. The van der Waals surface area contributed by atoms with Gasteiger partial charge in [-0.1, -0.05) is 26.0 Å². The van der Waals surface area contributed by atoms with Gasteiger partial charge in [0.15, 0.2) is 5.96 Å². The molecule has 0 bridgehead atoms. The van der Waals surface area contributed by atoms with E-state index < -0.39 is 0 Å². The molecule has 0 spiro atoms. The van der Waals surface area contributed by atoms with E-state index in [1.54, 1.807) is 0 Å². The standard InChI is InChI=1S/C17H29N3O2.HI/c1-5-21-8-9-22-16-10-14(4)6-7-15(16)12-20-17(18)19-11-13(2)3;/h6-7,10,13H,5,8-9,11-12H2,1-4H3,(H3,18,19,20);1H. The van der Waals surface area contributed by atoms with Crippen molar-refractivity contribution in [1.82, 2.24) is 5.32 Å². The Balaban J connectivity index is 0.00000484. The minimum absolute atomic E-state index is 0. The van der Waals surface area contributed by atoms with Crippen LogP contribution < -0.4 is 15.8 Å². The summed E-state index contributed by atoms with van der Waals surface area (Å²) in [6.07, 6.45) is 0. The van der Waals surface area contributed by atoms with Crippen LogP contribution in [0.2, 0.25) is 0 Å². The molecule has 0 saturated heterocycles. The Morgan fingerprint density at radius 1 is 1.30 bits per heavy atom. The quantitative estimate of drug-likeness (QED) is 0.271. The minimum Gasteiger partial charge on any atom is -0.491 e. The van der Waals surface area contributed by atoms with Gasteiger partial charge in [-0.25, -0.2) is 4.99 Å². The second kappa shape index (κ2) is 12.4. The minimum atomic E-state index is 0. The highest BCUT2D eigenvalue weighted by molar-refractivity contribution is 14.0. The fourth-order valence-corrected chi connectivity index (χ4v) is 1.82. The third kappa shape index (κ3) is 9.65. The van der Waals surface area contributed by atoms with Crippen molar-refractivity contribution in [3.63, 3.8) is 0 Å². The summed E-state index contributed by atoms with van der Waals surface area (Å²) in [4.78, 5) is 4.37. The first-order chi connectivity index (χ1) is 10.5. The van der Waals surface area contributed by atoms with Crippen LogP contribution in [0.4, 0.5) is 0 Å². The first-order valence-electron chi connectivity index (χ1n) is 7.86. The van der Waals surface area contributed by atoms with E-state index in [2.05, 4.69) is 30.2 Å². The summed E-state index contributed by atoms with van der Waals surface area (Å²) in [6.45, 7) is 11.4. The number of hydrogen-bond acceptors (Lipinski definition) is 3. The lowest BCUT2D eigenvalue weighted by atomic mass is 10.1. The maximum Gasteiger partial charge on any atom is 0.188 e. The lowest BCUT2D eigenvalue weighted by molar-refractivity contribution is 0.110. The average molecular weight is 435 g/mol. The molecule has 3 N–H and O–H groups in total. The van der Waals surface area contributed by atoms with Crippen LogP contribution in [0.25, 0.3) is 0 Å². The van der Waals surface area contributed by atoms with Crippen molar-refractivity contribution in [3.8, 4) is 5.75 Å². The van der Waals surface area contributed by atoms with Crippen molar-refractivity contribution in [2.75, 3.05) is 26.4 Å². The molecular weight excluding hydrogens is 405 g/mol. The molecule has 0 aliphatic carbocycles. The molecule has 0 unspecified atom stereocenters. The van der Waals surface area contributed by atoms with E-state index in [0.29, 0.717) is 38.2 Å². The van der Waals surface area contributed by atoms with Crippen molar-refractivity contribution >= 4 is 29.9 Å². The molecule has 0 heterocycles. The van der Waals surface area contributed by atoms with Gasteiger partial charge in [-0.15, -0.1) is 24.0 Å². The number of nitrogens with two attached hydrogens (primary N) is 1. The summed E-state index contributed by atoms with van der Waals surface area (Å²) in [5, 5.41) is 3.11.